The minimum absolute atomic E-state index is 0.0686. The maximum Gasteiger partial charge on any atom is 0.307 e. The highest BCUT2D eigenvalue weighted by molar-refractivity contribution is 5.70. The predicted octanol–water partition coefficient (Wildman–Crippen LogP) is 3.06. The minimum atomic E-state index is -0.486. The van der Waals surface area contributed by atoms with Crippen LogP contribution in [0.5, 0.6) is 0 Å². The Hall–Kier alpha value is -1.43. The Kier molecular flexibility index (Phi) is 9.52. The quantitative estimate of drug-likeness (QED) is 0.501. The topological polar surface area (TPSA) is 56.8 Å². The fourth-order valence-electron chi connectivity index (χ4n) is 2.40. The highest BCUT2D eigenvalue weighted by atomic mass is 16.7. The normalized spacial score (nSPS) is 13.8. The molecule has 5 nitrogen and oxygen atoms in total. The van der Waals surface area contributed by atoms with Crippen LogP contribution in [0.25, 0.3) is 0 Å². The largest absolute Gasteiger partial charge is 0.466 e. The fraction of sp³-hybridized carbons (Fsp3) is 0.611. The first kappa shape index (κ1) is 19.6. The smallest absolute Gasteiger partial charge is 0.307 e. The summed E-state index contributed by atoms with van der Waals surface area (Å²) < 4.78 is 16.4. The monoisotopic (exact) mass is 323 g/mol. The summed E-state index contributed by atoms with van der Waals surface area (Å²) in [6.45, 7) is 9.09. The summed E-state index contributed by atoms with van der Waals surface area (Å²) in [6, 6.07) is 9.87. The van der Waals surface area contributed by atoms with Crippen molar-refractivity contribution < 1.29 is 19.0 Å². The number of esters is 1. The lowest BCUT2D eigenvalue weighted by Gasteiger charge is -2.30. The van der Waals surface area contributed by atoms with Crippen molar-refractivity contribution in [2.45, 2.75) is 52.5 Å². The lowest BCUT2D eigenvalue weighted by Crippen LogP contribution is -2.45. The van der Waals surface area contributed by atoms with E-state index in [-0.39, 0.29) is 24.5 Å². The van der Waals surface area contributed by atoms with E-state index in [1.54, 1.807) is 6.92 Å². The van der Waals surface area contributed by atoms with Gasteiger partial charge in [0.2, 0.25) is 0 Å². The van der Waals surface area contributed by atoms with Gasteiger partial charge in [-0.15, -0.1) is 0 Å². The Morgan fingerprint density at radius 2 is 1.65 bits per heavy atom. The van der Waals surface area contributed by atoms with Crippen LogP contribution >= 0.6 is 0 Å². The molecule has 0 saturated carbocycles. The molecule has 5 heteroatoms. The lowest BCUT2D eigenvalue weighted by molar-refractivity contribution is -0.166. The zero-order valence-corrected chi connectivity index (χ0v) is 14.6. The number of hydrogen-bond donors (Lipinski definition) is 1. The van der Waals surface area contributed by atoms with Crippen LogP contribution in [0.3, 0.4) is 0 Å². The van der Waals surface area contributed by atoms with Crippen LogP contribution in [0.4, 0.5) is 0 Å². The van der Waals surface area contributed by atoms with Crippen molar-refractivity contribution in [3.63, 3.8) is 0 Å². The Labute approximate surface area is 139 Å². The molecule has 2 atom stereocenters. The molecule has 0 radical (unpaired) electrons. The standard InChI is InChI=1S/C18H29NO4/c1-5-21-17(20)13-16(18(22-6-2)23-7-3)19-14(4)15-11-9-8-10-12-15/h8-12,14,16,18-19H,5-7,13H2,1-4H3/t14-,16?/m1/s1. The molecule has 1 unspecified atom stereocenters. The van der Waals surface area contributed by atoms with Crippen molar-refractivity contribution in [2.24, 2.45) is 0 Å². The van der Waals surface area contributed by atoms with Crippen molar-refractivity contribution in [2.75, 3.05) is 19.8 Å². The summed E-state index contributed by atoms with van der Waals surface area (Å²) in [5, 5.41) is 3.44. The molecule has 1 rings (SSSR count). The van der Waals surface area contributed by atoms with Gasteiger partial charge >= 0.3 is 5.97 Å². The van der Waals surface area contributed by atoms with Gasteiger partial charge in [-0.1, -0.05) is 30.3 Å². The third-order valence-electron chi connectivity index (χ3n) is 3.45. The van der Waals surface area contributed by atoms with Gasteiger partial charge in [-0.05, 0) is 33.3 Å². The third-order valence-corrected chi connectivity index (χ3v) is 3.45. The minimum Gasteiger partial charge on any atom is -0.466 e. The molecule has 1 aromatic rings. The number of ether oxygens (including phenoxy) is 3. The first-order valence-electron chi connectivity index (χ1n) is 8.32. The van der Waals surface area contributed by atoms with Gasteiger partial charge in [-0.25, -0.2) is 0 Å². The van der Waals surface area contributed by atoms with Gasteiger partial charge in [-0.2, -0.15) is 0 Å². The number of hydrogen-bond acceptors (Lipinski definition) is 5. The van der Waals surface area contributed by atoms with E-state index in [2.05, 4.69) is 24.4 Å². The maximum absolute atomic E-state index is 11.9. The second kappa shape index (κ2) is 11.2. The third kappa shape index (κ3) is 7.12. The first-order valence-corrected chi connectivity index (χ1v) is 8.32. The summed E-state index contributed by atoms with van der Waals surface area (Å²) in [7, 11) is 0. The maximum atomic E-state index is 11.9. The highest BCUT2D eigenvalue weighted by Gasteiger charge is 2.27. The molecule has 0 fully saturated rings. The molecular formula is C18H29NO4. The average Bonchev–Trinajstić information content (AvgIpc) is 2.55. The Morgan fingerprint density at radius 1 is 1.04 bits per heavy atom. The van der Waals surface area contributed by atoms with Crippen molar-refractivity contribution in [1.29, 1.82) is 0 Å². The van der Waals surface area contributed by atoms with E-state index >= 15 is 0 Å². The van der Waals surface area contributed by atoms with E-state index in [0.717, 1.165) is 5.56 Å². The van der Waals surface area contributed by atoms with Gasteiger partial charge < -0.3 is 19.5 Å². The number of carbonyl (C=O) groups is 1. The van der Waals surface area contributed by atoms with Gasteiger partial charge in [0.25, 0.3) is 0 Å². The van der Waals surface area contributed by atoms with Crippen molar-refractivity contribution in [3.05, 3.63) is 35.9 Å². The van der Waals surface area contributed by atoms with Gasteiger partial charge in [0, 0.05) is 19.3 Å². The Bertz CT molecular complexity index is 432. The van der Waals surface area contributed by atoms with E-state index in [0.29, 0.717) is 19.8 Å². The van der Waals surface area contributed by atoms with Gasteiger partial charge in [0.1, 0.15) is 0 Å². The molecule has 130 valence electrons. The van der Waals surface area contributed by atoms with Crippen LogP contribution in [0.2, 0.25) is 0 Å². The molecule has 0 aliphatic carbocycles. The molecule has 23 heavy (non-hydrogen) atoms. The van der Waals surface area contributed by atoms with E-state index in [1.165, 1.54) is 0 Å². The van der Waals surface area contributed by atoms with E-state index in [4.69, 9.17) is 14.2 Å². The molecule has 0 spiro atoms. The molecule has 0 bridgehead atoms. The highest BCUT2D eigenvalue weighted by Crippen LogP contribution is 2.16. The van der Waals surface area contributed by atoms with Crippen LogP contribution in [-0.4, -0.2) is 38.1 Å². The summed E-state index contributed by atoms with van der Waals surface area (Å²) in [5.74, 6) is -0.255. The number of benzene rings is 1. The van der Waals surface area contributed by atoms with Crippen LogP contribution in [-0.2, 0) is 19.0 Å². The van der Waals surface area contributed by atoms with Crippen molar-refractivity contribution >= 4 is 5.97 Å². The second-order valence-corrected chi connectivity index (χ2v) is 5.19. The molecule has 0 heterocycles. The summed E-state index contributed by atoms with van der Waals surface area (Å²) >= 11 is 0. The molecule has 0 aromatic heterocycles. The zero-order chi connectivity index (χ0) is 17.1. The Balaban J connectivity index is 2.81. The molecule has 0 aliphatic heterocycles. The number of nitrogens with one attached hydrogen (secondary N) is 1. The lowest BCUT2D eigenvalue weighted by atomic mass is 10.1. The Morgan fingerprint density at radius 3 is 2.17 bits per heavy atom. The zero-order valence-electron chi connectivity index (χ0n) is 14.6. The summed E-state index contributed by atoms with van der Waals surface area (Å²) in [6.07, 6.45) is -0.282. The van der Waals surface area contributed by atoms with Crippen LogP contribution < -0.4 is 5.32 Å². The molecule has 0 amide bonds. The van der Waals surface area contributed by atoms with Crippen molar-refractivity contribution in [3.8, 4) is 0 Å². The molecule has 0 saturated heterocycles. The fourth-order valence-corrected chi connectivity index (χ4v) is 2.40. The SMILES string of the molecule is CCOC(=O)CC(N[C@H](C)c1ccccc1)C(OCC)OCC. The van der Waals surface area contributed by atoms with Gasteiger partial charge in [0.15, 0.2) is 6.29 Å². The average molecular weight is 323 g/mol. The summed E-state index contributed by atoms with van der Waals surface area (Å²) in [4.78, 5) is 11.9. The molecular weight excluding hydrogens is 294 g/mol. The van der Waals surface area contributed by atoms with E-state index < -0.39 is 6.29 Å². The number of rotatable bonds is 11. The van der Waals surface area contributed by atoms with Crippen molar-refractivity contribution in [1.82, 2.24) is 5.32 Å². The van der Waals surface area contributed by atoms with Gasteiger partial charge in [-0.3, -0.25) is 4.79 Å². The van der Waals surface area contributed by atoms with Crippen LogP contribution in [0.15, 0.2) is 30.3 Å². The van der Waals surface area contributed by atoms with E-state index in [1.807, 2.05) is 32.0 Å². The van der Waals surface area contributed by atoms with E-state index in [9.17, 15) is 4.79 Å². The predicted molar refractivity (Wildman–Crippen MR) is 90.1 cm³/mol. The number of carbonyl (C=O) groups excluding carboxylic acids is 1. The molecule has 1 N–H and O–H groups in total. The summed E-state index contributed by atoms with van der Waals surface area (Å²) in [5.41, 5.74) is 1.15. The second-order valence-electron chi connectivity index (χ2n) is 5.19. The van der Waals surface area contributed by atoms with Gasteiger partial charge in [0.05, 0.1) is 19.1 Å². The van der Waals surface area contributed by atoms with Crippen LogP contribution in [0, 0.1) is 0 Å². The molecule has 0 aliphatic rings. The first-order chi connectivity index (χ1) is 11.1. The molecule has 1 aromatic carbocycles. The van der Waals surface area contributed by atoms with Crippen LogP contribution in [0.1, 0.15) is 45.7 Å².